The zero-order valence-electron chi connectivity index (χ0n) is 15.0. The van der Waals surface area contributed by atoms with Gasteiger partial charge in [0.2, 0.25) is 5.96 Å². The Kier molecular flexibility index (Phi) is 4.33. The number of fused-ring (bicyclic) bond motifs is 1. The zero-order valence-corrected chi connectivity index (χ0v) is 15.8. The van der Waals surface area contributed by atoms with Crippen molar-refractivity contribution in [2.75, 3.05) is 18.8 Å². The van der Waals surface area contributed by atoms with Gasteiger partial charge < -0.3 is 5.73 Å². The molecular weight excluding hydrogens is 367 g/mol. The molecule has 9 heteroatoms. The molecule has 1 aromatic heterocycles. The molecule has 27 heavy (non-hydrogen) atoms. The molecule has 0 fully saturated rings. The SMILES string of the molecule is C[C@@]1(c2cc(-c3cncnc3)ccc2F)CS2(=O)=NCCCCN2C(N)=N1. The fourth-order valence-electron chi connectivity index (χ4n) is 3.58. The topological polar surface area (TPSA) is 96.8 Å². The molecule has 7 nitrogen and oxygen atoms in total. The minimum absolute atomic E-state index is 0.104. The highest BCUT2D eigenvalue weighted by Gasteiger charge is 2.42. The van der Waals surface area contributed by atoms with E-state index in [2.05, 4.69) is 19.3 Å². The van der Waals surface area contributed by atoms with Gasteiger partial charge in [-0.2, -0.15) is 0 Å². The molecule has 2 aromatic rings. The van der Waals surface area contributed by atoms with Gasteiger partial charge in [0.15, 0.2) is 0 Å². The van der Waals surface area contributed by atoms with Crippen molar-refractivity contribution >= 4 is 15.9 Å². The Morgan fingerprint density at radius 3 is 2.78 bits per heavy atom. The number of halogens is 1. The van der Waals surface area contributed by atoms with Gasteiger partial charge >= 0.3 is 0 Å². The van der Waals surface area contributed by atoms with Gasteiger partial charge in [0.05, 0.1) is 12.3 Å². The van der Waals surface area contributed by atoms with Crippen LogP contribution in [0.1, 0.15) is 25.3 Å². The van der Waals surface area contributed by atoms with Gasteiger partial charge in [0.1, 0.15) is 27.6 Å². The van der Waals surface area contributed by atoms with Crippen molar-refractivity contribution < 1.29 is 8.60 Å². The molecule has 0 bridgehead atoms. The van der Waals surface area contributed by atoms with Crippen LogP contribution in [0.3, 0.4) is 0 Å². The van der Waals surface area contributed by atoms with Crippen LogP contribution in [0.4, 0.5) is 4.39 Å². The first-order valence-corrected chi connectivity index (χ1v) is 10.4. The quantitative estimate of drug-likeness (QED) is 0.854. The average Bonchev–Trinajstić information content (AvgIpc) is 2.84. The molecule has 0 amide bonds. The normalized spacial score (nSPS) is 27.9. The minimum atomic E-state index is -2.76. The Bertz CT molecular complexity index is 1020. The third-order valence-corrected chi connectivity index (χ3v) is 7.52. The number of hydrogen-bond donors (Lipinski definition) is 1. The second kappa shape index (κ2) is 6.56. The summed E-state index contributed by atoms with van der Waals surface area (Å²) in [6, 6.07) is 4.76. The fourth-order valence-corrected chi connectivity index (χ4v) is 6.08. The Morgan fingerprint density at radius 1 is 1.22 bits per heavy atom. The van der Waals surface area contributed by atoms with Crippen LogP contribution in [0, 0.1) is 5.82 Å². The molecule has 0 radical (unpaired) electrons. The molecule has 1 aromatic carbocycles. The van der Waals surface area contributed by atoms with Gasteiger partial charge in [-0.05, 0) is 37.5 Å². The summed E-state index contributed by atoms with van der Waals surface area (Å²) in [7, 11) is -2.76. The van der Waals surface area contributed by atoms with Crippen molar-refractivity contribution in [1.82, 2.24) is 14.3 Å². The molecular formula is C18H21FN6OS. The molecule has 142 valence electrons. The summed E-state index contributed by atoms with van der Waals surface area (Å²) in [5, 5.41) is 0. The highest BCUT2D eigenvalue weighted by molar-refractivity contribution is 7.92. The van der Waals surface area contributed by atoms with Gasteiger partial charge in [-0.1, -0.05) is 6.07 Å². The molecule has 0 saturated heterocycles. The number of hydrogen-bond acceptors (Lipinski definition) is 6. The first-order valence-electron chi connectivity index (χ1n) is 8.80. The summed E-state index contributed by atoms with van der Waals surface area (Å²) < 4.78 is 34.3. The van der Waals surface area contributed by atoms with E-state index in [0.29, 0.717) is 18.7 Å². The highest BCUT2D eigenvalue weighted by Crippen LogP contribution is 2.37. The van der Waals surface area contributed by atoms with Gasteiger partial charge in [0.25, 0.3) is 0 Å². The molecule has 4 rings (SSSR count). The lowest BCUT2D eigenvalue weighted by atomic mass is 9.91. The summed E-state index contributed by atoms with van der Waals surface area (Å²) in [6.07, 6.45) is 6.47. The molecule has 2 atom stereocenters. The number of aromatic nitrogens is 2. The van der Waals surface area contributed by atoms with E-state index in [-0.39, 0.29) is 11.7 Å². The number of guanidine groups is 1. The average molecular weight is 388 g/mol. The van der Waals surface area contributed by atoms with E-state index in [1.807, 2.05) is 0 Å². The Labute approximate surface area is 157 Å². The third-order valence-electron chi connectivity index (χ3n) is 4.93. The first-order chi connectivity index (χ1) is 12.9. The maximum atomic E-state index is 14.8. The van der Waals surface area contributed by atoms with Crippen LogP contribution in [0.2, 0.25) is 0 Å². The molecule has 2 aliphatic rings. The van der Waals surface area contributed by atoms with Crippen LogP contribution in [-0.2, 0) is 15.5 Å². The van der Waals surface area contributed by atoms with Crippen molar-refractivity contribution in [3.63, 3.8) is 0 Å². The minimum Gasteiger partial charge on any atom is -0.369 e. The van der Waals surface area contributed by atoms with E-state index in [9.17, 15) is 8.60 Å². The standard InChI is InChI=1S/C18H21FN6OS/c1-18(11-27(26)23-6-2-3-7-25(27)17(20)24-18)15-8-13(4-5-16(15)19)14-9-21-12-22-10-14/h4-5,8-10,12H,2-3,6-7,11H2,1H3,(H2,20,24)/t18-,27?/m0/s1. The largest absolute Gasteiger partial charge is 0.369 e. The van der Waals surface area contributed by atoms with Crippen molar-refractivity contribution in [2.45, 2.75) is 25.3 Å². The van der Waals surface area contributed by atoms with E-state index in [1.165, 1.54) is 12.4 Å². The number of nitrogens with zero attached hydrogens (tertiary/aromatic N) is 5. The number of rotatable bonds is 2. The van der Waals surface area contributed by atoms with Gasteiger partial charge in [-0.15, -0.1) is 0 Å². The van der Waals surface area contributed by atoms with Crippen LogP contribution in [0.5, 0.6) is 0 Å². The van der Waals surface area contributed by atoms with Crippen LogP contribution < -0.4 is 5.73 Å². The van der Waals surface area contributed by atoms with E-state index in [0.717, 1.165) is 24.0 Å². The van der Waals surface area contributed by atoms with Gasteiger partial charge in [-0.25, -0.2) is 27.9 Å². The van der Waals surface area contributed by atoms with Crippen molar-refractivity contribution in [1.29, 1.82) is 0 Å². The fraction of sp³-hybridized carbons (Fsp3) is 0.389. The second-order valence-electron chi connectivity index (χ2n) is 6.98. The summed E-state index contributed by atoms with van der Waals surface area (Å²) >= 11 is 0. The van der Waals surface area contributed by atoms with Gasteiger partial charge in [0, 0.05) is 30.1 Å². The van der Waals surface area contributed by atoms with Crippen LogP contribution in [0.25, 0.3) is 11.1 Å². The van der Waals surface area contributed by atoms with E-state index < -0.39 is 21.3 Å². The lowest BCUT2D eigenvalue weighted by Gasteiger charge is -2.38. The molecule has 0 saturated carbocycles. The molecule has 0 spiro atoms. The number of benzene rings is 1. The second-order valence-corrected chi connectivity index (χ2v) is 9.18. The highest BCUT2D eigenvalue weighted by atomic mass is 32.2. The maximum absolute atomic E-state index is 14.8. The van der Waals surface area contributed by atoms with Crippen LogP contribution in [0.15, 0.2) is 46.3 Å². The molecule has 2 N–H and O–H groups in total. The van der Waals surface area contributed by atoms with E-state index in [1.54, 1.807) is 35.8 Å². The Hall–Kier alpha value is -2.55. The van der Waals surface area contributed by atoms with Crippen molar-refractivity contribution in [3.05, 3.63) is 48.3 Å². The summed E-state index contributed by atoms with van der Waals surface area (Å²) in [5.74, 6) is -0.154. The predicted octanol–water partition coefficient (Wildman–Crippen LogP) is 2.31. The molecule has 2 aliphatic heterocycles. The predicted molar refractivity (Wildman–Crippen MR) is 103 cm³/mol. The molecule has 0 aliphatic carbocycles. The smallest absolute Gasteiger partial charge is 0.204 e. The summed E-state index contributed by atoms with van der Waals surface area (Å²) in [4.78, 5) is 12.6. The lowest BCUT2D eigenvalue weighted by Crippen LogP contribution is -2.52. The Morgan fingerprint density at radius 2 is 2.00 bits per heavy atom. The lowest BCUT2D eigenvalue weighted by molar-refractivity contribution is 0.464. The number of aliphatic imine (C=N–C) groups is 1. The maximum Gasteiger partial charge on any atom is 0.204 e. The monoisotopic (exact) mass is 388 g/mol. The summed E-state index contributed by atoms with van der Waals surface area (Å²) in [6.45, 7) is 2.83. The van der Waals surface area contributed by atoms with Crippen LogP contribution >= 0.6 is 0 Å². The van der Waals surface area contributed by atoms with Crippen molar-refractivity contribution in [3.8, 4) is 11.1 Å². The van der Waals surface area contributed by atoms with E-state index in [4.69, 9.17) is 5.73 Å². The number of nitrogens with two attached hydrogens (primary N) is 1. The van der Waals surface area contributed by atoms with Gasteiger partial charge in [-0.3, -0.25) is 4.31 Å². The zero-order chi connectivity index (χ0) is 19.1. The molecule has 1 unspecified atom stereocenters. The van der Waals surface area contributed by atoms with Crippen LogP contribution in [-0.4, -0.2) is 43.3 Å². The first kappa shape index (κ1) is 17.8. The molecule has 3 heterocycles. The van der Waals surface area contributed by atoms with Crippen molar-refractivity contribution in [2.24, 2.45) is 15.1 Å². The van der Waals surface area contributed by atoms with E-state index >= 15 is 0 Å². The Balaban J connectivity index is 1.84. The summed E-state index contributed by atoms with van der Waals surface area (Å²) in [5.41, 5.74) is 6.95. The third kappa shape index (κ3) is 3.16.